The number of nitrogens with zero attached hydrogens (tertiary/aromatic N) is 2. The van der Waals surface area contributed by atoms with Gasteiger partial charge in [0.05, 0.1) is 0 Å². The topological polar surface area (TPSA) is 76.1 Å². The Bertz CT molecular complexity index is 619. The van der Waals surface area contributed by atoms with Crippen molar-refractivity contribution in [2.24, 2.45) is 0 Å². The molecule has 0 aliphatic heterocycles. The molecular weight excluding hydrogens is 304 g/mol. The van der Waals surface area contributed by atoms with E-state index in [4.69, 9.17) is 4.74 Å². The molecule has 2 aromatic rings. The maximum atomic E-state index is 12.1. The number of ether oxygens (including phenoxy) is 1. The summed E-state index contributed by atoms with van der Waals surface area (Å²) in [5.74, 6) is 0.473. The second-order valence-corrected chi connectivity index (χ2v) is 5.41. The number of hydrogen-bond donors (Lipinski definition) is 2. The molecule has 0 saturated heterocycles. The highest BCUT2D eigenvalue weighted by molar-refractivity contribution is 5.92. The average molecular weight is 328 g/mol. The minimum Gasteiger partial charge on any atom is -0.385 e. The first-order chi connectivity index (χ1) is 11.8. The zero-order valence-corrected chi connectivity index (χ0v) is 14.0. The highest BCUT2D eigenvalue weighted by atomic mass is 16.5. The van der Waals surface area contributed by atoms with Crippen molar-refractivity contribution < 1.29 is 9.53 Å². The summed E-state index contributed by atoms with van der Waals surface area (Å²) in [6, 6.07) is 11.9. The summed E-state index contributed by atoms with van der Waals surface area (Å²) >= 11 is 0. The Balaban J connectivity index is 1.73. The van der Waals surface area contributed by atoms with Gasteiger partial charge in [-0.2, -0.15) is 0 Å². The number of amides is 1. The highest BCUT2D eigenvalue weighted by Gasteiger charge is 2.08. The molecule has 0 spiro atoms. The third kappa shape index (κ3) is 6.34. The number of rotatable bonds is 10. The average Bonchev–Trinajstić information content (AvgIpc) is 2.63. The molecule has 0 aliphatic rings. The van der Waals surface area contributed by atoms with Gasteiger partial charge in [-0.3, -0.25) is 4.79 Å². The van der Waals surface area contributed by atoms with E-state index in [1.807, 2.05) is 18.2 Å². The van der Waals surface area contributed by atoms with Gasteiger partial charge in [-0.15, -0.1) is 0 Å². The fourth-order valence-corrected chi connectivity index (χ4v) is 2.24. The minimum absolute atomic E-state index is 0.176. The summed E-state index contributed by atoms with van der Waals surface area (Å²) in [6.07, 6.45) is 4.11. The van der Waals surface area contributed by atoms with Crippen LogP contribution in [0.2, 0.25) is 0 Å². The number of anilines is 1. The highest BCUT2D eigenvalue weighted by Crippen LogP contribution is 2.05. The third-order valence-electron chi connectivity index (χ3n) is 3.50. The van der Waals surface area contributed by atoms with Crippen molar-refractivity contribution in [2.75, 3.05) is 32.1 Å². The monoisotopic (exact) mass is 328 g/mol. The molecule has 0 radical (unpaired) electrons. The molecule has 6 nitrogen and oxygen atoms in total. The molecule has 24 heavy (non-hydrogen) atoms. The van der Waals surface area contributed by atoms with Crippen LogP contribution in [0.5, 0.6) is 0 Å². The number of hydrogen-bond acceptors (Lipinski definition) is 5. The van der Waals surface area contributed by atoms with Gasteiger partial charge < -0.3 is 15.4 Å². The normalized spacial score (nSPS) is 10.4. The smallest absolute Gasteiger partial charge is 0.270 e. The van der Waals surface area contributed by atoms with E-state index in [0.717, 1.165) is 25.8 Å². The van der Waals surface area contributed by atoms with Crippen LogP contribution in [0.15, 0.2) is 42.7 Å². The molecule has 2 N–H and O–H groups in total. The molecule has 0 unspecified atom stereocenters. The number of methoxy groups -OCH3 is 1. The van der Waals surface area contributed by atoms with Crippen molar-refractivity contribution in [3.05, 3.63) is 54.0 Å². The molecule has 2 rings (SSSR count). The molecule has 6 heteroatoms. The number of carbonyl (C=O) groups excluding carboxylic acids is 1. The third-order valence-corrected chi connectivity index (χ3v) is 3.50. The van der Waals surface area contributed by atoms with Crippen LogP contribution in [-0.2, 0) is 11.2 Å². The summed E-state index contributed by atoms with van der Waals surface area (Å²) in [5, 5.41) is 6.05. The molecule has 0 atom stereocenters. The van der Waals surface area contributed by atoms with Gasteiger partial charge in [0.25, 0.3) is 5.91 Å². The van der Waals surface area contributed by atoms with Crippen molar-refractivity contribution in [1.29, 1.82) is 0 Å². The Labute approximate surface area is 142 Å². The molecule has 1 heterocycles. The Morgan fingerprint density at radius 3 is 2.75 bits per heavy atom. The second-order valence-electron chi connectivity index (χ2n) is 5.41. The summed E-state index contributed by atoms with van der Waals surface area (Å²) in [6.45, 7) is 2.05. The summed E-state index contributed by atoms with van der Waals surface area (Å²) in [7, 11) is 1.67. The Morgan fingerprint density at radius 2 is 1.96 bits per heavy atom. The van der Waals surface area contributed by atoms with Crippen molar-refractivity contribution in [2.45, 2.75) is 19.3 Å². The van der Waals surface area contributed by atoms with Crippen LogP contribution in [0.1, 0.15) is 28.9 Å². The van der Waals surface area contributed by atoms with Gasteiger partial charge in [0.15, 0.2) is 0 Å². The maximum Gasteiger partial charge on any atom is 0.270 e. The largest absolute Gasteiger partial charge is 0.385 e. The van der Waals surface area contributed by atoms with Crippen LogP contribution in [0.25, 0.3) is 0 Å². The van der Waals surface area contributed by atoms with Gasteiger partial charge in [-0.25, -0.2) is 9.97 Å². The van der Waals surface area contributed by atoms with Gasteiger partial charge in [0.2, 0.25) is 0 Å². The van der Waals surface area contributed by atoms with E-state index in [1.54, 1.807) is 13.2 Å². The lowest BCUT2D eigenvalue weighted by molar-refractivity contribution is 0.0948. The Hall–Kier alpha value is -2.47. The van der Waals surface area contributed by atoms with E-state index in [1.165, 1.54) is 11.9 Å². The number of aryl methyl sites for hydroxylation is 1. The fourth-order valence-electron chi connectivity index (χ4n) is 2.24. The predicted octanol–water partition coefficient (Wildman–Crippen LogP) is 2.29. The first-order valence-corrected chi connectivity index (χ1v) is 8.16. The van der Waals surface area contributed by atoms with Crippen LogP contribution in [0.3, 0.4) is 0 Å². The van der Waals surface area contributed by atoms with Crippen LogP contribution in [-0.4, -0.2) is 42.7 Å². The van der Waals surface area contributed by atoms with E-state index in [2.05, 4.69) is 32.7 Å². The van der Waals surface area contributed by atoms with Crippen molar-refractivity contribution in [3.8, 4) is 0 Å². The molecule has 1 aromatic heterocycles. The Kier molecular flexibility index (Phi) is 7.70. The van der Waals surface area contributed by atoms with Gasteiger partial charge in [0, 0.05) is 32.9 Å². The van der Waals surface area contributed by atoms with Gasteiger partial charge in [0.1, 0.15) is 17.8 Å². The van der Waals surface area contributed by atoms with Gasteiger partial charge >= 0.3 is 0 Å². The molecule has 1 amide bonds. The molecule has 0 bridgehead atoms. The molecule has 0 fully saturated rings. The Morgan fingerprint density at radius 1 is 1.12 bits per heavy atom. The second kappa shape index (κ2) is 10.3. The SMILES string of the molecule is COCCCNc1cc(C(=O)NCCCc2ccccc2)ncn1. The first kappa shape index (κ1) is 17.9. The molecule has 1 aromatic carbocycles. The van der Waals surface area contributed by atoms with E-state index in [0.29, 0.717) is 24.7 Å². The predicted molar refractivity (Wildman–Crippen MR) is 94.1 cm³/mol. The van der Waals surface area contributed by atoms with Crippen LogP contribution in [0, 0.1) is 0 Å². The molecule has 0 aliphatic carbocycles. The zero-order valence-electron chi connectivity index (χ0n) is 14.0. The number of carbonyl (C=O) groups is 1. The number of nitrogens with one attached hydrogen (secondary N) is 2. The first-order valence-electron chi connectivity index (χ1n) is 8.16. The van der Waals surface area contributed by atoms with Gasteiger partial charge in [-0.1, -0.05) is 30.3 Å². The lowest BCUT2D eigenvalue weighted by atomic mass is 10.1. The molecule has 0 saturated carbocycles. The number of benzene rings is 1. The minimum atomic E-state index is -0.176. The quantitative estimate of drug-likeness (QED) is 0.655. The zero-order chi connectivity index (χ0) is 17.0. The van der Waals surface area contributed by atoms with Crippen molar-refractivity contribution >= 4 is 11.7 Å². The molecular formula is C18H24N4O2. The van der Waals surface area contributed by atoms with Crippen molar-refractivity contribution in [1.82, 2.24) is 15.3 Å². The lowest BCUT2D eigenvalue weighted by Crippen LogP contribution is -2.26. The fraction of sp³-hybridized carbons (Fsp3) is 0.389. The van der Waals surface area contributed by atoms with Crippen LogP contribution >= 0.6 is 0 Å². The van der Waals surface area contributed by atoms with Gasteiger partial charge in [-0.05, 0) is 24.8 Å². The van der Waals surface area contributed by atoms with Crippen molar-refractivity contribution in [3.63, 3.8) is 0 Å². The summed E-state index contributed by atoms with van der Waals surface area (Å²) in [5.41, 5.74) is 1.65. The maximum absolute atomic E-state index is 12.1. The van der Waals surface area contributed by atoms with Crippen LogP contribution in [0.4, 0.5) is 5.82 Å². The number of aromatic nitrogens is 2. The standard InChI is InChI=1S/C18H24N4O2/c1-24-12-6-11-19-17-13-16(21-14-22-17)18(23)20-10-5-9-15-7-3-2-4-8-15/h2-4,7-8,13-14H,5-6,9-12H2,1H3,(H,20,23)(H,19,21,22). The summed E-state index contributed by atoms with van der Waals surface area (Å²) in [4.78, 5) is 20.3. The molecule has 128 valence electrons. The van der Waals surface area contributed by atoms with E-state index in [-0.39, 0.29) is 5.91 Å². The van der Waals surface area contributed by atoms with E-state index in [9.17, 15) is 4.79 Å². The lowest BCUT2D eigenvalue weighted by Gasteiger charge is -2.07. The van der Waals surface area contributed by atoms with E-state index >= 15 is 0 Å². The van der Waals surface area contributed by atoms with E-state index < -0.39 is 0 Å². The van der Waals surface area contributed by atoms with Crippen LogP contribution < -0.4 is 10.6 Å². The summed E-state index contributed by atoms with van der Waals surface area (Å²) < 4.78 is 4.99.